The minimum absolute atomic E-state index is 0.272. The lowest BCUT2D eigenvalue weighted by Crippen LogP contribution is -2.28. The van der Waals surface area contributed by atoms with Gasteiger partial charge in [0.25, 0.3) is 0 Å². The third-order valence-corrected chi connectivity index (χ3v) is 2.01. The summed E-state index contributed by atoms with van der Waals surface area (Å²) in [5.74, 6) is 0. The topological polar surface area (TPSA) is 32.8 Å². The van der Waals surface area contributed by atoms with Gasteiger partial charge in [-0.1, -0.05) is 0 Å². The van der Waals surface area contributed by atoms with E-state index in [4.69, 9.17) is 4.74 Å². The van der Waals surface area contributed by atoms with Crippen LogP contribution in [0.2, 0.25) is 0 Å². The highest BCUT2D eigenvalue weighted by molar-refractivity contribution is 5.66. The van der Waals surface area contributed by atoms with Gasteiger partial charge in [-0.05, 0) is 27.4 Å². The molecule has 0 saturated carbocycles. The first-order valence-corrected chi connectivity index (χ1v) is 4.45. The fourth-order valence-corrected chi connectivity index (χ4v) is 0.704. The molecule has 0 saturated heterocycles. The van der Waals surface area contributed by atoms with Crippen molar-refractivity contribution in [2.75, 3.05) is 34.8 Å². The van der Waals surface area contributed by atoms with E-state index in [1.54, 1.807) is 14.1 Å². The van der Waals surface area contributed by atoms with Crippen LogP contribution in [-0.2, 0) is 4.74 Å². The van der Waals surface area contributed by atoms with E-state index in [9.17, 15) is 4.79 Å². The third kappa shape index (κ3) is 5.47. The number of amides is 1. The summed E-state index contributed by atoms with van der Waals surface area (Å²) in [6.07, 6.45) is 0.595. The van der Waals surface area contributed by atoms with E-state index < -0.39 is 0 Å². The van der Waals surface area contributed by atoms with Crippen molar-refractivity contribution in [1.29, 1.82) is 0 Å². The Hall–Kier alpha value is -0.770. The number of ether oxygens (including phenoxy) is 1. The molecule has 1 amide bonds. The molecular formula is C9H20N2O2. The van der Waals surface area contributed by atoms with Crippen molar-refractivity contribution in [2.24, 2.45) is 0 Å². The van der Waals surface area contributed by atoms with Crippen molar-refractivity contribution >= 4 is 6.09 Å². The van der Waals surface area contributed by atoms with Gasteiger partial charge in [0.15, 0.2) is 0 Å². The Morgan fingerprint density at radius 2 is 1.85 bits per heavy atom. The van der Waals surface area contributed by atoms with Crippen LogP contribution >= 0.6 is 0 Å². The predicted octanol–water partition coefficient (Wildman–Crippen LogP) is 1.02. The van der Waals surface area contributed by atoms with Crippen molar-refractivity contribution < 1.29 is 9.53 Å². The molecule has 0 bridgehead atoms. The molecule has 0 aromatic heterocycles. The molecule has 0 rings (SSSR count). The summed E-state index contributed by atoms with van der Waals surface area (Å²) in [4.78, 5) is 14.5. The average Bonchev–Trinajstić information content (AvgIpc) is 2.03. The van der Waals surface area contributed by atoms with E-state index in [0.717, 1.165) is 6.42 Å². The number of hydrogen-bond acceptors (Lipinski definition) is 3. The number of rotatable bonds is 4. The second-order valence-corrected chi connectivity index (χ2v) is 3.61. The molecule has 0 aliphatic carbocycles. The van der Waals surface area contributed by atoms with E-state index >= 15 is 0 Å². The molecular weight excluding hydrogens is 168 g/mol. The van der Waals surface area contributed by atoms with Gasteiger partial charge >= 0.3 is 6.09 Å². The summed E-state index contributed by atoms with van der Waals surface area (Å²) in [5.41, 5.74) is 0. The smallest absolute Gasteiger partial charge is 0.409 e. The number of carbonyl (C=O) groups excluding carboxylic acids is 1. The number of hydrogen-bond donors (Lipinski definition) is 0. The number of nitrogens with zero attached hydrogens (tertiary/aromatic N) is 2. The largest absolute Gasteiger partial charge is 0.449 e. The van der Waals surface area contributed by atoms with Gasteiger partial charge in [-0.2, -0.15) is 0 Å². The molecule has 0 N–H and O–H groups in total. The van der Waals surface area contributed by atoms with Gasteiger partial charge in [0.05, 0.1) is 6.61 Å². The Morgan fingerprint density at radius 1 is 1.31 bits per heavy atom. The zero-order valence-electron chi connectivity index (χ0n) is 9.20. The van der Waals surface area contributed by atoms with Gasteiger partial charge in [-0.15, -0.1) is 0 Å². The zero-order valence-corrected chi connectivity index (χ0v) is 9.20. The molecule has 78 valence electrons. The fourth-order valence-electron chi connectivity index (χ4n) is 0.704. The number of carbonyl (C=O) groups is 1. The van der Waals surface area contributed by atoms with Crippen molar-refractivity contribution in [3.8, 4) is 0 Å². The maximum atomic E-state index is 11.0. The van der Waals surface area contributed by atoms with Gasteiger partial charge in [0.1, 0.15) is 0 Å². The maximum Gasteiger partial charge on any atom is 0.409 e. The lowest BCUT2D eigenvalue weighted by atomic mass is 10.2. The van der Waals surface area contributed by atoms with Gasteiger partial charge in [0.2, 0.25) is 0 Å². The van der Waals surface area contributed by atoms with Crippen LogP contribution in [-0.4, -0.2) is 56.7 Å². The van der Waals surface area contributed by atoms with Crippen molar-refractivity contribution in [1.82, 2.24) is 9.80 Å². The van der Waals surface area contributed by atoms with E-state index in [0.29, 0.717) is 12.6 Å². The van der Waals surface area contributed by atoms with Crippen LogP contribution in [0.25, 0.3) is 0 Å². The molecule has 0 aromatic rings. The third-order valence-electron chi connectivity index (χ3n) is 2.01. The Kier molecular flexibility index (Phi) is 5.46. The van der Waals surface area contributed by atoms with Crippen molar-refractivity contribution in [2.45, 2.75) is 19.4 Å². The minimum atomic E-state index is -0.272. The Bertz CT molecular complexity index is 158. The second-order valence-electron chi connectivity index (χ2n) is 3.61. The van der Waals surface area contributed by atoms with Crippen LogP contribution < -0.4 is 0 Å². The molecule has 0 radical (unpaired) electrons. The van der Waals surface area contributed by atoms with E-state index in [1.807, 2.05) is 14.1 Å². The minimum Gasteiger partial charge on any atom is -0.449 e. The van der Waals surface area contributed by atoms with Crippen LogP contribution in [0.5, 0.6) is 0 Å². The van der Waals surface area contributed by atoms with Crippen LogP contribution in [0.1, 0.15) is 13.3 Å². The SMILES string of the molecule is C[C@@H](CCOC(=O)N(C)C)N(C)C. The molecule has 0 fully saturated rings. The quantitative estimate of drug-likeness (QED) is 0.660. The average molecular weight is 188 g/mol. The van der Waals surface area contributed by atoms with Gasteiger partial charge in [-0.25, -0.2) is 4.79 Å². The summed E-state index contributed by atoms with van der Waals surface area (Å²) < 4.78 is 4.98. The molecule has 1 atom stereocenters. The molecule has 0 heterocycles. The fraction of sp³-hybridized carbons (Fsp3) is 0.889. The summed E-state index contributed by atoms with van der Waals surface area (Å²) >= 11 is 0. The van der Waals surface area contributed by atoms with E-state index in [1.165, 1.54) is 4.90 Å². The molecule has 0 aliphatic rings. The monoisotopic (exact) mass is 188 g/mol. The van der Waals surface area contributed by atoms with Gasteiger partial charge in [0, 0.05) is 20.1 Å². The molecule has 0 unspecified atom stereocenters. The van der Waals surface area contributed by atoms with Gasteiger partial charge in [-0.3, -0.25) is 0 Å². The molecule has 13 heavy (non-hydrogen) atoms. The summed E-state index contributed by atoms with van der Waals surface area (Å²) in [6, 6.07) is 0.440. The van der Waals surface area contributed by atoms with Crippen LogP contribution in [0.15, 0.2) is 0 Å². The maximum absolute atomic E-state index is 11.0. The standard InChI is InChI=1S/C9H20N2O2/c1-8(10(2)3)6-7-13-9(12)11(4)5/h8H,6-7H2,1-5H3/t8-/m0/s1. The second kappa shape index (κ2) is 5.80. The summed E-state index contributed by atoms with van der Waals surface area (Å²) in [7, 11) is 7.38. The molecule has 4 heteroatoms. The normalized spacial score (nSPS) is 12.8. The first-order valence-electron chi connectivity index (χ1n) is 4.45. The van der Waals surface area contributed by atoms with Crippen molar-refractivity contribution in [3.05, 3.63) is 0 Å². The molecule has 0 aliphatic heterocycles. The highest BCUT2D eigenvalue weighted by Gasteiger charge is 2.07. The predicted molar refractivity (Wildman–Crippen MR) is 52.8 cm³/mol. The molecule has 4 nitrogen and oxygen atoms in total. The first kappa shape index (κ1) is 12.2. The Labute approximate surface area is 80.5 Å². The zero-order chi connectivity index (χ0) is 10.4. The van der Waals surface area contributed by atoms with Crippen molar-refractivity contribution in [3.63, 3.8) is 0 Å². The van der Waals surface area contributed by atoms with E-state index in [-0.39, 0.29) is 6.09 Å². The lowest BCUT2D eigenvalue weighted by Gasteiger charge is -2.19. The highest BCUT2D eigenvalue weighted by Crippen LogP contribution is 1.98. The van der Waals surface area contributed by atoms with Crippen LogP contribution in [0, 0.1) is 0 Å². The molecule has 0 spiro atoms. The van der Waals surface area contributed by atoms with Crippen LogP contribution in [0.3, 0.4) is 0 Å². The highest BCUT2D eigenvalue weighted by atomic mass is 16.6. The Morgan fingerprint density at radius 3 is 2.23 bits per heavy atom. The Balaban J connectivity index is 3.51. The first-order chi connectivity index (χ1) is 5.95. The molecule has 0 aromatic carbocycles. The lowest BCUT2D eigenvalue weighted by molar-refractivity contribution is 0.109. The van der Waals surface area contributed by atoms with Crippen LogP contribution in [0.4, 0.5) is 4.79 Å². The summed E-state index contributed by atoms with van der Waals surface area (Å²) in [5, 5.41) is 0. The van der Waals surface area contributed by atoms with Gasteiger partial charge < -0.3 is 14.5 Å². The summed E-state index contributed by atoms with van der Waals surface area (Å²) in [6.45, 7) is 2.58. The van der Waals surface area contributed by atoms with E-state index in [2.05, 4.69) is 11.8 Å².